The zero-order chi connectivity index (χ0) is 9.84. The van der Waals surface area contributed by atoms with E-state index in [9.17, 15) is 4.79 Å². The lowest BCUT2D eigenvalue weighted by Crippen LogP contribution is -2.29. The molecule has 0 N–H and O–H groups in total. The molecule has 4 heteroatoms. The zero-order valence-corrected chi connectivity index (χ0v) is 7.82. The SMILES string of the molecule is CC(C#N)OC(=O)[C@H]1OCC[C@H]1C. The van der Waals surface area contributed by atoms with Gasteiger partial charge in [0.05, 0.1) is 0 Å². The molecule has 0 saturated carbocycles. The third kappa shape index (κ3) is 2.43. The molecule has 1 rings (SSSR count). The molecule has 4 nitrogen and oxygen atoms in total. The highest BCUT2D eigenvalue weighted by molar-refractivity contribution is 5.75. The Kier molecular flexibility index (Phi) is 3.26. The molecular formula is C9H13NO3. The average molecular weight is 183 g/mol. The monoisotopic (exact) mass is 183 g/mol. The van der Waals surface area contributed by atoms with E-state index in [0.717, 1.165) is 6.42 Å². The number of ether oxygens (including phenoxy) is 2. The first-order valence-corrected chi connectivity index (χ1v) is 4.37. The fourth-order valence-electron chi connectivity index (χ4n) is 1.26. The van der Waals surface area contributed by atoms with Crippen molar-refractivity contribution in [3.05, 3.63) is 0 Å². The minimum Gasteiger partial charge on any atom is -0.445 e. The maximum atomic E-state index is 11.3. The van der Waals surface area contributed by atoms with E-state index in [1.165, 1.54) is 6.92 Å². The molecule has 1 fully saturated rings. The topological polar surface area (TPSA) is 59.3 Å². The minimum atomic E-state index is -0.691. The Morgan fingerprint density at radius 1 is 1.77 bits per heavy atom. The molecule has 0 spiro atoms. The smallest absolute Gasteiger partial charge is 0.336 e. The van der Waals surface area contributed by atoms with Gasteiger partial charge in [-0.1, -0.05) is 6.92 Å². The second kappa shape index (κ2) is 4.24. The van der Waals surface area contributed by atoms with Gasteiger partial charge in [0.15, 0.2) is 12.2 Å². The third-order valence-corrected chi connectivity index (χ3v) is 2.09. The van der Waals surface area contributed by atoms with Crippen LogP contribution in [0.2, 0.25) is 0 Å². The van der Waals surface area contributed by atoms with Crippen molar-refractivity contribution in [2.75, 3.05) is 6.61 Å². The number of esters is 1. The Balaban J connectivity index is 2.44. The Labute approximate surface area is 77.4 Å². The van der Waals surface area contributed by atoms with Gasteiger partial charge in [-0.05, 0) is 19.3 Å². The lowest BCUT2D eigenvalue weighted by Gasteiger charge is -2.14. The molecule has 3 atom stereocenters. The quantitative estimate of drug-likeness (QED) is 0.596. The lowest BCUT2D eigenvalue weighted by atomic mass is 10.0. The first-order chi connectivity index (χ1) is 6.15. The summed E-state index contributed by atoms with van der Waals surface area (Å²) in [6.07, 6.45) is -0.291. The van der Waals surface area contributed by atoms with E-state index in [1.54, 1.807) is 0 Å². The Morgan fingerprint density at radius 2 is 2.46 bits per heavy atom. The van der Waals surface area contributed by atoms with Crippen LogP contribution < -0.4 is 0 Å². The minimum absolute atomic E-state index is 0.193. The number of nitriles is 1. The third-order valence-electron chi connectivity index (χ3n) is 2.09. The zero-order valence-electron chi connectivity index (χ0n) is 7.82. The summed E-state index contributed by atoms with van der Waals surface area (Å²) in [5.41, 5.74) is 0. The molecule has 1 aliphatic rings. The van der Waals surface area contributed by atoms with Gasteiger partial charge < -0.3 is 9.47 Å². The molecule has 1 unspecified atom stereocenters. The fraction of sp³-hybridized carbons (Fsp3) is 0.778. The van der Waals surface area contributed by atoms with Crippen LogP contribution in [0.15, 0.2) is 0 Å². The maximum Gasteiger partial charge on any atom is 0.336 e. The van der Waals surface area contributed by atoms with Crippen molar-refractivity contribution in [1.82, 2.24) is 0 Å². The van der Waals surface area contributed by atoms with Gasteiger partial charge in [0, 0.05) is 6.61 Å². The van der Waals surface area contributed by atoms with Crippen LogP contribution in [0.25, 0.3) is 0 Å². The second-order valence-electron chi connectivity index (χ2n) is 3.27. The molecule has 1 aliphatic heterocycles. The van der Waals surface area contributed by atoms with Crippen LogP contribution in [0, 0.1) is 17.2 Å². The summed E-state index contributed by atoms with van der Waals surface area (Å²) < 4.78 is 10.0. The van der Waals surface area contributed by atoms with E-state index in [-0.39, 0.29) is 5.92 Å². The Hall–Kier alpha value is -1.08. The van der Waals surface area contributed by atoms with Crippen LogP contribution >= 0.6 is 0 Å². The van der Waals surface area contributed by atoms with Crippen molar-refractivity contribution in [3.63, 3.8) is 0 Å². The summed E-state index contributed by atoms with van der Waals surface area (Å²) in [4.78, 5) is 11.3. The average Bonchev–Trinajstić information content (AvgIpc) is 2.51. The van der Waals surface area contributed by atoms with Gasteiger partial charge >= 0.3 is 5.97 Å². The summed E-state index contributed by atoms with van der Waals surface area (Å²) in [6.45, 7) is 4.08. The van der Waals surface area contributed by atoms with Crippen LogP contribution in [0.5, 0.6) is 0 Å². The summed E-state index contributed by atoms with van der Waals surface area (Å²) in [6, 6.07) is 1.84. The predicted octanol–water partition coefficient (Wildman–Crippen LogP) is 0.867. The number of carbonyl (C=O) groups excluding carboxylic acids is 1. The van der Waals surface area contributed by atoms with E-state index in [2.05, 4.69) is 0 Å². The first kappa shape index (κ1) is 10.0. The van der Waals surface area contributed by atoms with Gasteiger partial charge in [-0.2, -0.15) is 5.26 Å². The normalized spacial score (nSPS) is 29.3. The molecule has 13 heavy (non-hydrogen) atoms. The highest BCUT2D eigenvalue weighted by Crippen LogP contribution is 2.21. The number of hydrogen-bond acceptors (Lipinski definition) is 4. The molecule has 0 aromatic heterocycles. The molecule has 0 aromatic carbocycles. The van der Waals surface area contributed by atoms with Crippen molar-refractivity contribution in [2.45, 2.75) is 32.5 Å². The van der Waals surface area contributed by atoms with Crippen molar-refractivity contribution >= 4 is 5.97 Å². The van der Waals surface area contributed by atoms with E-state index in [0.29, 0.717) is 6.61 Å². The van der Waals surface area contributed by atoms with Gasteiger partial charge in [0.2, 0.25) is 0 Å². The summed E-state index contributed by atoms with van der Waals surface area (Å²) in [7, 11) is 0. The van der Waals surface area contributed by atoms with Crippen molar-refractivity contribution in [3.8, 4) is 6.07 Å². The molecule has 0 aromatic rings. The van der Waals surface area contributed by atoms with Crippen LogP contribution in [-0.4, -0.2) is 24.8 Å². The van der Waals surface area contributed by atoms with Gasteiger partial charge in [0.25, 0.3) is 0 Å². The molecule has 72 valence electrons. The second-order valence-corrected chi connectivity index (χ2v) is 3.27. The van der Waals surface area contributed by atoms with Crippen molar-refractivity contribution < 1.29 is 14.3 Å². The Morgan fingerprint density at radius 3 is 2.92 bits per heavy atom. The van der Waals surface area contributed by atoms with Crippen molar-refractivity contribution in [2.24, 2.45) is 5.92 Å². The number of carbonyl (C=O) groups is 1. The van der Waals surface area contributed by atoms with Crippen molar-refractivity contribution in [1.29, 1.82) is 5.26 Å². The largest absolute Gasteiger partial charge is 0.445 e. The molecule has 0 radical (unpaired) electrons. The number of hydrogen-bond donors (Lipinski definition) is 0. The summed E-state index contributed by atoms with van der Waals surface area (Å²) in [5.74, 6) is -0.225. The van der Waals surface area contributed by atoms with Gasteiger partial charge in [0.1, 0.15) is 6.07 Å². The van der Waals surface area contributed by atoms with E-state index < -0.39 is 18.2 Å². The number of rotatable bonds is 2. The van der Waals surface area contributed by atoms with Crippen LogP contribution in [0.4, 0.5) is 0 Å². The molecular weight excluding hydrogens is 170 g/mol. The molecule has 1 saturated heterocycles. The molecule has 0 aliphatic carbocycles. The van der Waals surface area contributed by atoms with E-state index in [4.69, 9.17) is 14.7 Å². The predicted molar refractivity (Wildman–Crippen MR) is 44.7 cm³/mol. The maximum absolute atomic E-state index is 11.3. The van der Waals surface area contributed by atoms with E-state index in [1.807, 2.05) is 13.0 Å². The molecule has 0 bridgehead atoms. The number of nitrogens with zero attached hydrogens (tertiary/aromatic N) is 1. The summed E-state index contributed by atoms with van der Waals surface area (Å²) >= 11 is 0. The standard InChI is InChI=1S/C9H13NO3/c1-6-3-4-12-8(6)9(11)13-7(2)5-10/h6-8H,3-4H2,1-2H3/t6-,7?,8+/m1/s1. The molecule has 0 amide bonds. The highest BCUT2D eigenvalue weighted by atomic mass is 16.6. The van der Waals surface area contributed by atoms with E-state index >= 15 is 0 Å². The lowest BCUT2D eigenvalue weighted by molar-refractivity contribution is -0.158. The summed E-state index contributed by atoms with van der Waals surface area (Å²) in [5, 5.41) is 8.42. The van der Waals surface area contributed by atoms with Gasteiger partial charge in [-0.15, -0.1) is 0 Å². The Bertz CT molecular complexity index is 234. The van der Waals surface area contributed by atoms with Gasteiger partial charge in [-0.25, -0.2) is 4.79 Å². The van der Waals surface area contributed by atoms with Gasteiger partial charge in [-0.3, -0.25) is 0 Å². The van der Waals surface area contributed by atoms with Crippen LogP contribution in [0.1, 0.15) is 20.3 Å². The fourth-order valence-corrected chi connectivity index (χ4v) is 1.26. The van der Waals surface area contributed by atoms with Crippen LogP contribution in [0.3, 0.4) is 0 Å². The molecule has 1 heterocycles. The highest BCUT2D eigenvalue weighted by Gasteiger charge is 2.32. The first-order valence-electron chi connectivity index (χ1n) is 4.37. The van der Waals surface area contributed by atoms with Crippen LogP contribution in [-0.2, 0) is 14.3 Å².